The molecule has 1 saturated carbocycles. The van der Waals surface area contributed by atoms with Crippen molar-refractivity contribution in [1.82, 2.24) is 5.32 Å². The normalized spacial score (nSPS) is 19.2. The highest BCUT2D eigenvalue weighted by Crippen LogP contribution is 2.48. The van der Waals surface area contributed by atoms with E-state index in [0.717, 1.165) is 25.7 Å². The van der Waals surface area contributed by atoms with Gasteiger partial charge in [0.25, 0.3) is 0 Å². The van der Waals surface area contributed by atoms with E-state index < -0.39 is 11.7 Å². The van der Waals surface area contributed by atoms with Crippen molar-refractivity contribution in [3.05, 3.63) is 0 Å². The van der Waals surface area contributed by atoms with Gasteiger partial charge >= 0.3 is 6.18 Å². The van der Waals surface area contributed by atoms with Crippen LogP contribution in [0.3, 0.4) is 0 Å². The lowest BCUT2D eigenvalue weighted by atomic mass is 10.2. The molecule has 0 heterocycles. The molecule has 1 aliphatic rings. The van der Waals surface area contributed by atoms with Crippen LogP contribution in [0.5, 0.6) is 0 Å². The van der Waals surface area contributed by atoms with Gasteiger partial charge in [-0.25, -0.2) is 0 Å². The summed E-state index contributed by atoms with van der Waals surface area (Å²) in [6.07, 6.45) is 0.125. The van der Waals surface area contributed by atoms with Crippen molar-refractivity contribution in [2.45, 2.75) is 50.2 Å². The van der Waals surface area contributed by atoms with E-state index in [1.807, 2.05) is 0 Å². The summed E-state index contributed by atoms with van der Waals surface area (Å²) in [6.45, 7) is 1.13. The van der Waals surface area contributed by atoms with Crippen LogP contribution in [0.15, 0.2) is 0 Å². The van der Waals surface area contributed by atoms with Crippen molar-refractivity contribution in [3.63, 3.8) is 0 Å². The number of alkyl halides is 3. The van der Waals surface area contributed by atoms with Crippen LogP contribution in [0.25, 0.3) is 0 Å². The summed E-state index contributed by atoms with van der Waals surface area (Å²) < 4.78 is 37.3. The summed E-state index contributed by atoms with van der Waals surface area (Å²) >= 11 is 0. The van der Waals surface area contributed by atoms with E-state index in [0.29, 0.717) is 13.1 Å². The van der Waals surface area contributed by atoms with Crippen LogP contribution in [-0.4, -0.2) is 24.8 Å². The predicted octanol–water partition coefficient (Wildman–Crippen LogP) is 2.19. The molecule has 0 unspecified atom stereocenters. The van der Waals surface area contributed by atoms with E-state index in [-0.39, 0.29) is 12.8 Å². The van der Waals surface area contributed by atoms with Crippen molar-refractivity contribution in [2.24, 2.45) is 5.73 Å². The standard InChI is InChI=1S/C10H19F3N2/c11-10(12,13)9(5-6-9)15-8-4-2-1-3-7-14/h15H,1-8,14H2. The van der Waals surface area contributed by atoms with E-state index in [1.165, 1.54) is 0 Å². The van der Waals surface area contributed by atoms with Gasteiger partial charge in [0.1, 0.15) is 5.54 Å². The van der Waals surface area contributed by atoms with Crippen LogP contribution in [-0.2, 0) is 0 Å². The Labute approximate surface area is 88.4 Å². The Hall–Kier alpha value is -0.290. The number of nitrogens with two attached hydrogens (primary N) is 1. The third-order valence-corrected chi connectivity index (χ3v) is 2.89. The molecule has 0 radical (unpaired) electrons. The first-order valence-electron chi connectivity index (χ1n) is 5.54. The number of unbranched alkanes of at least 4 members (excludes halogenated alkanes) is 3. The summed E-state index contributed by atoms with van der Waals surface area (Å²) in [5.41, 5.74) is 3.77. The zero-order valence-corrected chi connectivity index (χ0v) is 8.87. The fraction of sp³-hybridized carbons (Fsp3) is 1.00. The SMILES string of the molecule is NCCCCCCNC1(C(F)(F)F)CC1. The largest absolute Gasteiger partial charge is 0.406 e. The van der Waals surface area contributed by atoms with Gasteiger partial charge in [-0.1, -0.05) is 12.8 Å². The van der Waals surface area contributed by atoms with Gasteiger partial charge < -0.3 is 11.1 Å². The topological polar surface area (TPSA) is 38.0 Å². The van der Waals surface area contributed by atoms with Gasteiger partial charge in [0.05, 0.1) is 0 Å². The number of hydrogen-bond acceptors (Lipinski definition) is 2. The van der Waals surface area contributed by atoms with Crippen LogP contribution < -0.4 is 11.1 Å². The minimum absolute atomic E-state index is 0.235. The van der Waals surface area contributed by atoms with Gasteiger partial charge in [0, 0.05) is 0 Å². The van der Waals surface area contributed by atoms with Gasteiger partial charge in [0.2, 0.25) is 0 Å². The number of hydrogen-bond donors (Lipinski definition) is 2. The minimum atomic E-state index is -4.08. The fourth-order valence-corrected chi connectivity index (χ4v) is 1.64. The average Bonchev–Trinajstić information content (AvgIpc) is 2.91. The highest BCUT2D eigenvalue weighted by molar-refractivity contribution is 5.07. The van der Waals surface area contributed by atoms with Crippen LogP contribution in [0.1, 0.15) is 38.5 Å². The fourth-order valence-electron chi connectivity index (χ4n) is 1.64. The first kappa shape index (κ1) is 12.8. The molecule has 0 aliphatic heterocycles. The number of rotatable bonds is 7. The van der Waals surface area contributed by atoms with Crippen LogP contribution in [0, 0.1) is 0 Å². The van der Waals surface area contributed by atoms with Gasteiger partial charge in [-0.05, 0) is 38.8 Å². The van der Waals surface area contributed by atoms with E-state index in [4.69, 9.17) is 5.73 Å². The van der Waals surface area contributed by atoms with Crippen molar-refractivity contribution >= 4 is 0 Å². The lowest BCUT2D eigenvalue weighted by molar-refractivity contribution is -0.165. The molecule has 0 saturated heterocycles. The summed E-state index contributed by atoms with van der Waals surface area (Å²) in [7, 11) is 0. The molecule has 0 aromatic rings. The second-order valence-corrected chi connectivity index (χ2v) is 4.21. The Bertz CT molecular complexity index is 188. The molecule has 0 aromatic heterocycles. The zero-order valence-electron chi connectivity index (χ0n) is 8.87. The third-order valence-electron chi connectivity index (χ3n) is 2.89. The summed E-state index contributed by atoms with van der Waals surface area (Å²) in [4.78, 5) is 0. The highest BCUT2D eigenvalue weighted by atomic mass is 19.4. The molecule has 2 nitrogen and oxygen atoms in total. The molecule has 90 valence electrons. The molecule has 0 atom stereocenters. The molecule has 0 spiro atoms. The van der Waals surface area contributed by atoms with Crippen LogP contribution >= 0.6 is 0 Å². The van der Waals surface area contributed by atoms with Crippen molar-refractivity contribution in [2.75, 3.05) is 13.1 Å². The predicted molar refractivity (Wildman–Crippen MR) is 53.5 cm³/mol. The monoisotopic (exact) mass is 224 g/mol. The Balaban J connectivity index is 2.05. The summed E-state index contributed by atoms with van der Waals surface area (Å²) in [5.74, 6) is 0. The zero-order chi connectivity index (χ0) is 11.4. The Kier molecular flexibility index (Phi) is 4.40. The number of nitrogens with one attached hydrogen (secondary N) is 1. The lowest BCUT2D eigenvalue weighted by Gasteiger charge is -2.20. The van der Waals surface area contributed by atoms with E-state index in [1.54, 1.807) is 0 Å². The molecule has 1 rings (SSSR count). The molecule has 0 bridgehead atoms. The molecule has 3 N–H and O–H groups in total. The maximum absolute atomic E-state index is 12.4. The Morgan fingerprint density at radius 3 is 2.13 bits per heavy atom. The van der Waals surface area contributed by atoms with E-state index >= 15 is 0 Å². The van der Waals surface area contributed by atoms with Crippen molar-refractivity contribution < 1.29 is 13.2 Å². The Morgan fingerprint density at radius 2 is 1.67 bits per heavy atom. The second-order valence-electron chi connectivity index (χ2n) is 4.21. The minimum Gasteiger partial charge on any atom is -0.330 e. The first-order chi connectivity index (χ1) is 7.02. The molecular formula is C10H19F3N2. The van der Waals surface area contributed by atoms with Gasteiger partial charge in [-0.3, -0.25) is 0 Å². The summed E-state index contributed by atoms with van der Waals surface area (Å²) in [5, 5.41) is 2.63. The van der Waals surface area contributed by atoms with E-state index in [9.17, 15) is 13.2 Å². The van der Waals surface area contributed by atoms with Crippen molar-refractivity contribution in [1.29, 1.82) is 0 Å². The van der Waals surface area contributed by atoms with Gasteiger partial charge in [0.15, 0.2) is 0 Å². The third kappa shape index (κ3) is 3.65. The molecule has 0 aromatic carbocycles. The average molecular weight is 224 g/mol. The molecule has 1 fully saturated rings. The maximum Gasteiger partial charge on any atom is 0.406 e. The van der Waals surface area contributed by atoms with Crippen LogP contribution in [0.2, 0.25) is 0 Å². The molecular weight excluding hydrogens is 205 g/mol. The maximum atomic E-state index is 12.4. The second kappa shape index (κ2) is 5.16. The van der Waals surface area contributed by atoms with Gasteiger partial charge in [-0.2, -0.15) is 13.2 Å². The van der Waals surface area contributed by atoms with Crippen molar-refractivity contribution in [3.8, 4) is 0 Å². The molecule has 0 amide bonds. The molecule has 5 heteroatoms. The molecule has 1 aliphatic carbocycles. The molecule has 15 heavy (non-hydrogen) atoms. The highest BCUT2D eigenvalue weighted by Gasteiger charge is 2.62. The Morgan fingerprint density at radius 1 is 1.07 bits per heavy atom. The quantitative estimate of drug-likeness (QED) is 0.650. The van der Waals surface area contributed by atoms with Gasteiger partial charge in [-0.15, -0.1) is 0 Å². The summed E-state index contributed by atoms with van der Waals surface area (Å²) in [6, 6.07) is 0. The lowest BCUT2D eigenvalue weighted by Crippen LogP contribution is -2.45. The smallest absolute Gasteiger partial charge is 0.330 e. The van der Waals surface area contributed by atoms with E-state index in [2.05, 4.69) is 5.32 Å². The van der Waals surface area contributed by atoms with Crippen LogP contribution in [0.4, 0.5) is 13.2 Å². The number of halogens is 3. The first-order valence-corrected chi connectivity index (χ1v) is 5.54.